The highest BCUT2D eigenvalue weighted by molar-refractivity contribution is 6.00. The maximum atomic E-state index is 13.6. The average molecular weight is 523 g/mol. The minimum Gasteiger partial charge on any atom is -0.444 e. The normalized spacial score (nSPS) is 17.5. The number of benzene rings is 3. The van der Waals surface area contributed by atoms with E-state index in [-0.39, 0.29) is 18.0 Å². The lowest BCUT2D eigenvalue weighted by molar-refractivity contribution is 0.0488. The SMILES string of the molecule is [C-]#[N+]c1ccc2cc(C(=O)NC3CCC(NC(=O)OC(C)(C)C)CC3)n(Cc3cccc4ccccc34)c2c1. The molecule has 1 fully saturated rings. The molecule has 0 bridgehead atoms. The number of fused-ring (bicyclic) bond motifs is 2. The number of hydrogen-bond donors (Lipinski definition) is 2. The van der Waals surface area contributed by atoms with Gasteiger partial charge in [-0.05, 0) is 80.3 Å². The van der Waals surface area contributed by atoms with Crippen LogP contribution in [0.3, 0.4) is 0 Å². The lowest BCUT2D eigenvalue weighted by Gasteiger charge is -2.30. The van der Waals surface area contributed by atoms with E-state index < -0.39 is 11.7 Å². The van der Waals surface area contributed by atoms with Crippen LogP contribution in [0, 0.1) is 6.57 Å². The van der Waals surface area contributed by atoms with E-state index in [1.165, 1.54) is 0 Å². The highest BCUT2D eigenvalue weighted by Gasteiger charge is 2.27. The molecule has 2 amide bonds. The number of carbonyl (C=O) groups excluding carboxylic acids is 2. The van der Waals surface area contributed by atoms with Gasteiger partial charge in [0.25, 0.3) is 5.91 Å². The van der Waals surface area contributed by atoms with Crippen LogP contribution in [-0.4, -0.2) is 34.3 Å². The number of rotatable bonds is 5. The van der Waals surface area contributed by atoms with Crippen molar-refractivity contribution in [3.05, 3.63) is 89.4 Å². The Hall–Kier alpha value is -4.31. The van der Waals surface area contributed by atoms with E-state index >= 15 is 0 Å². The lowest BCUT2D eigenvalue weighted by Crippen LogP contribution is -2.45. The molecule has 1 aliphatic carbocycles. The monoisotopic (exact) mass is 522 g/mol. The second-order valence-corrected chi connectivity index (χ2v) is 11.3. The van der Waals surface area contributed by atoms with Gasteiger partial charge in [-0.25, -0.2) is 9.64 Å². The third-order valence-electron chi connectivity index (χ3n) is 7.24. The van der Waals surface area contributed by atoms with Crippen molar-refractivity contribution in [2.75, 3.05) is 0 Å². The van der Waals surface area contributed by atoms with Gasteiger partial charge in [-0.3, -0.25) is 4.79 Å². The number of alkyl carbamates (subject to hydrolysis) is 1. The molecule has 1 aliphatic rings. The largest absolute Gasteiger partial charge is 0.444 e. The summed E-state index contributed by atoms with van der Waals surface area (Å²) >= 11 is 0. The number of nitrogens with zero attached hydrogens (tertiary/aromatic N) is 2. The number of hydrogen-bond acceptors (Lipinski definition) is 3. The minimum atomic E-state index is -0.532. The molecule has 0 unspecified atom stereocenters. The standard InChI is InChI=1S/C32H34N4O3/c1-32(2,3)39-31(38)35-25-16-14-24(15-17-25)34-30(37)29-18-22-12-13-26(33-4)19-28(22)36(29)20-23-10-7-9-21-8-5-6-11-27(21)23/h5-13,18-19,24-25H,14-17,20H2,1-3H3,(H,34,37)(H,35,38). The first-order valence-corrected chi connectivity index (χ1v) is 13.5. The summed E-state index contributed by atoms with van der Waals surface area (Å²) in [6, 6.07) is 22.0. The molecular weight excluding hydrogens is 488 g/mol. The second kappa shape index (κ2) is 10.8. The van der Waals surface area contributed by atoms with Crippen LogP contribution in [0.25, 0.3) is 26.5 Å². The predicted octanol–water partition coefficient (Wildman–Crippen LogP) is 6.96. The Balaban J connectivity index is 1.35. The molecule has 0 aliphatic heterocycles. The quantitative estimate of drug-likeness (QED) is 0.278. The third-order valence-corrected chi connectivity index (χ3v) is 7.24. The fourth-order valence-corrected chi connectivity index (χ4v) is 5.39. The Morgan fingerprint density at radius 2 is 1.62 bits per heavy atom. The topological polar surface area (TPSA) is 76.7 Å². The zero-order chi connectivity index (χ0) is 27.6. The number of aromatic nitrogens is 1. The van der Waals surface area contributed by atoms with Gasteiger partial charge in [0.2, 0.25) is 0 Å². The van der Waals surface area contributed by atoms with Gasteiger partial charge in [-0.2, -0.15) is 0 Å². The van der Waals surface area contributed by atoms with Crippen LogP contribution >= 0.6 is 0 Å². The van der Waals surface area contributed by atoms with Crippen molar-refractivity contribution < 1.29 is 14.3 Å². The maximum absolute atomic E-state index is 13.6. The first kappa shape index (κ1) is 26.3. The smallest absolute Gasteiger partial charge is 0.407 e. The molecule has 3 aromatic carbocycles. The fraction of sp³-hybridized carbons (Fsp3) is 0.344. The van der Waals surface area contributed by atoms with Gasteiger partial charge in [0.1, 0.15) is 11.3 Å². The summed E-state index contributed by atoms with van der Waals surface area (Å²) in [5.74, 6) is -0.126. The molecule has 2 N–H and O–H groups in total. The van der Waals surface area contributed by atoms with Crippen LogP contribution in [0.2, 0.25) is 0 Å². The molecule has 5 rings (SSSR count). The van der Waals surface area contributed by atoms with E-state index in [9.17, 15) is 9.59 Å². The number of ether oxygens (including phenoxy) is 1. The van der Waals surface area contributed by atoms with Crippen molar-refractivity contribution >= 4 is 39.4 Å². The van der Waals surface area contributed by atoms with Crippen LogP contribution in [0.1, 0.15) is 62.5 Å². The minimum absolute atomic E-state index is 0.0250. The third kappa shape index (κ3) is 6.06. The highest BCUT2D eigenvalue weighted by atomic mass is 16.6. The van der Waals surface area contributed by atoms with Crippen LogP contribution < -0.4 is 10.6 Å². The molecule has 4 aromatic rings. The molecule has 0 spiro atoms. The molecule has 1 saturated carbocycles. The summed E-state index contributed by atoms with van der Waals surface area (Å²) in [6.45, 7) is 13.5. The van der Waals surface area contributed by atoms with Gasteiger partial charge < -0.3 is 19.9 Å². The predicted molar refractivity (Wildman–Crippen MR) is 154 cm³/mol. The van der Waals surface area contributed by atoms with Crippen molar-refractivity contribution in [3.63, 3.8) is 0 Å². The molecule has 1 aromatic heterocycles. The number of carbonyl (C=O) groups is 2. The van der Waals surface area contributed by atoms with Gasteiger partial charge in [0.05, 0.1) is 6.57 Å². The van der Waals surface area contributed by atoms with Gasteiger partial charge in [0, 0.05) is 24.1 Å². The molecule has 0 atom stereocenters. The fourth-order valence-electron chi connectivity index (χ4n) is 5.39. The molecule has 7 heteroatoms. The molecule has 39 heavy (non-hydrogen) atoms. The summed E-state index contributed by atoms with van der Waals surface area (Å²) < 4.78 is 7.41. The first-order valence-electron chi connectivity index (χ1n) is 13.5. The Morgan fingerprint density at radius 3 is 2.33 bits per heavy atom. The van der Waals surface area contributed by atoms with E-state index in [0.29, 0.717) is 17.9 Å². The van der Waals surface area contributed by atoms with E-state index in [1.54, 1.807) is 6.07 Å². The first-order chi connectivity index (χ1) is 18.7. The number of nitrogens with one attached hydrogen (secondary N) is 2. The van der Waals surface area contributed by atoms with Crippen LogP contribution in [0.4, 0.5) is 10.5 Å². The molecular formula is C32H34N4O3. The van der Waals surface area contributed by atoms with E-state index in [1.807, 2.05) is 61.7 Å². The van der Waals surface area contributed by atoms with Gasteiger partial charge >= 0.3 is 6.09 Å². The van der Waals surface area contributed by atoms with E-state index in [4.69, 9.17) is 11.3 Å². The molecule has 7 nitrogen and oxygen atoms in total. The lowest BCUT2D eigenvalue weighted by atomic mass is 9.91. The Kier molecular flexibility index (Phi) is 7.30. The molecule has 1 heterocycles. The van der Waals surface area contributed by atoms with Crippen LogP contribution in [0.5, 0.6) is 0 Å². The van der Waals surface area contributed by atoms with E-state index in [2.05, 4.69) is 39.7 Å². The Bertz CT molecular complexity index is 1560. The van der Waals surface area contributed by atoms with Crippen molar-refractivity contribution in [2.45, 2.75) is 70.7 Å². The zero-order valence-corrected chi connectivity index (χ0v) is 22.7. The second-order valence-electron chi connectivity index (χ2n) is 11.3. The highest BCUT2D eigenvalue weighted by Crippen LogP contribution is 2.29. The van der Waals surface area contributed by atoms with Crippen LogP contribution in [0.15, 0.2) is 66.7 Å². The summed E-state index contributed by atoms with van der Waals surface area (Å²) in [5.41, 5.74) is 2.57. The maximum Gasteiger partial charge on any atom is 0.407 e. The summed E-state index contributed by atoms with van der Waals surface area (Å²) in [6.07, 6.45) is 2.70. The average Bonchev–Trinajstić information content (AvgIpc) is 3.26. The summed E-state index contributed by atoms with van der Waals surface area (Å²) in [7, 11) is 0. The summed E-state index contributed by atoms with van der Waals surface area (Å²) in [4.78, 5) is 29.4. The van der Waals surface area contributed by atoms with E-state index in [0.717, 1.165) is 52.9 Å². The zero-order valence-electron chi connectivity index (χ0n) is 22.7. The van der Waals surface area contributed by atoms with Crippen molar-refractivity contribution in [1.82, 2.24) is 15.2 Å². The Morgan fingerprint density at radius 1 is 0.923 bits per heavy atom. The molecule has 0 saturated heterocycles. The van der Waals surface area contributed by atoms with Crippen molar-refractivity contribution in [1.29, 1.82) is 0 Å². The van der Waals surface area contributed by atoms with Crippen LogP contribution in [-0.2, 0) is 11.3 Å². The molecule has 200 valence electrons. The van der Waals surface area contributed by atoms with Crippen molar-refractivity contribution in [3.8, 4) is 0 Å². The Labute approximate surface area is 229 Å². The van der Waals surface area contributed by atoms with Crippen molar-refractivity contribution in [2.24, 2.45) is 0 Å². The van der Waals surface area contributed by atoms with Gasteiger partial charge in [-0.1, -0.05) is 54.6 Å². The number of amides is 2. The summed E-state index contributed by atoms with van der Waals surface area (Å²) in [5, 5.41) is 9.42. The van der Waals surface area contributed by atoms with Gasteiger partial charge in [0.15, 0.2) is 5.69 Å². The molecule has 0 radical (unpaired) electrons. The van der Waals surface area contributed by atoms with Gasteiger partial charge in [-0.15, -0.1) is 0 Å².